The fraction of sp³-hybridized carbons (Fsp3) is 0.533. The molecule has 8 heteroatoms. The van der Waals surface area contributed by atoms with Gasteiger partial charge in [-0.05, 0) is 51.5 Å². The largest absolute Gasteiger partial charge is 0.493 e. The van der Waals surface area contributed by atoms with Crippen molar-refractivity contribution in [1.82, 2.24) is 5.06 Å². The van der Waals surface area contributed by atoms with Crippen molar-refractivity contribution >= 4 is 13.4 Å². The van der Waals surface area contributed by atoms with E-state index in [1.165, 1.54) is 31.5 Å². The van der Waals surface area contributed by atoms with Crippen LogP contribution in [-0.2, 0) is 23.1 Å². The molecule has 0 bridgehead atoms. The first kappa shape index (κ1) is 19.6. The van der Waals surface area contributed by atoms with E-state index in [4.69, 9.17) is 13.8 Å². The summed E-state index contributed by atoms with van der Waals surface area (Å²) in [4.78, 5) is 11.5. The molecule has 0 radical (unpaired) electrons. The van der Waals surface area contributed by atoms with Gasteiger partial charge >= 0.3 is 7.60 Å². The van der Waals surface area contributed by atoms with Crippen LogP contribution in [0.1, 0.15) is 27.7 Å². The molecule has 1 aliphatic rings. The second-order valence-electron chi connectivity index (χ2n) is 5.21. The molecule has 0 aromatic carbocycles. The lowest BCUT2D eigenvalue weighted by molar-refractivity contribution is -0.114. The molecule has 7 nitrogen and oxygen atoms in total. The third-order valence-corrected chi connectivity index (χ3v) is 6.03. The van der Waals surface area contributed by atoms with Crippen LogP contribution in [0, 0.1) is 0 Å². The second-order valence-corrected chi connectivity index (χ2v) is 7.82. The molecule has 0 atom stereocenters. The van der Waals surface area contributed by atoms with E-state index in [2.05, 4.69) is 0 Å². The van der Waals surface area contributed by atoms with Crippen molar-refractivity contribution in [2.75, 3.05) is 20.3 Å². The summed E-state index contributed by atoms with van der Waals surface area (Å²) in [6, 6.07) is 0. The maximum atomic E-state index is 12.9. The molecule has 0 spiro atoms. The van der Waals surface area contributed by atoms with E-state index in [0.29, 0.717) is 5.57 Å². The Bertz CT molecular complexity index is 569. The second kappa shape index (κ2) is 7.93. The number of hydrogen-bond acceptors (Lipinski definition) is 7. The first-order chi connectivity index (χ1) is 10.7. The van der Waals surface area contributed by atoms with Crippen molar-refractivity contribution in [3.63, 3.8) is 0 Å². The maximum Gasteiger partial charge on any atom is 0.357 e. The average molecular weight is 345 g/mol. The van der Waals surface area contributed by atoms with Gasteiger partial charge in [-0.2, -0.15) is 0 Å². The minimum Gasteiger partial charge on any atom is -0.493 e. The van der Waals surface area contributed by atoms with Gasteiger partial charge in [0.05, 0.1) is 20.3 Å². The Balaban J connectivity index is 3.11. The highest BCUT2D eigenvalue weighted by molar-refractivity contribution is 7.55. The Hall–Kier alpha value is -1.40. The number of nitrogens with zero attached hydrogens (tertiary/aromatic N) is 1. The van der Waals surface area contributed by atoms with Crippen molar-refractivity contribution in [3.05, 3.63) is 35.8 Å². The van der Waals surface area contributed by atoms with E-state index >= 15 is 0 Å². The highest BCUT2D eigenvalue weighted by Gasteiger charge is 2.47. The molecule has 0 heterocycles. The molecular weight excluding hydrogens is 321 g/mol. The number of hydrogen-bond donors (Lipinski definition) is 1. The fourth-order valence-electron chi connectivity index (χ4n) is 1.88. The number of carbonyl (C=O) groups is 1. The number of rotatable bonds is 8. The molecule has 0 aromatic heterocycles. The van der Waals surface area contributed by atoms with Crippen LogP contribution in [0.2, 0.25) is 0 Å². The van der Waals surface area contributed by atoms with Gasteiger partial charge in [0.2, 0.25) is 5.78 Å². The molecule has 0 unspecified atom stereocenters. The smallest absolute Gasteiger partial charge is 0.357 e. The van der Waals surface area contributed by atoms with Gasteiger partial charge in [0.15, 0.2) is 11.0 Å². The minimum absolute atomic E-state index is 0.155. The van der Waals surface area contributed by atoms with Crippen LogP contribution in [0.15, 0.2) is 35.8 Å². The summed E-state index contributed by atoms with van der Waals surface area (Å²) in [7, 11) is -2.20. The summed E-state index contributed by atoms with van der Waals surface area (Å²) >= 11 is 0. The third-order valence-electron chi connectivity index (χ3n) is 3.29. The molecule has 1 rings (SSSR count). The standard InChI is InChI=1S/C15H24NO6P/c1-6-21-23(19,22-7-2)15(3,4)16(18)11-12-8-9-13(17)14(10-12)20-5/h8-11,18H,6-7H2,1-5H3. The van der Waals surface area contributed by atoms with E-state index in [9.17, 15) is 14.6 Å². The first-order valence-electron chi connectivity index (χ1n) is 7.29. The van der Waals surface area contributed by atoms with Gasteiger partial charge in [0.25, 0.3) is 0 Å². The van der Waals surface area contributed by atoms with Gasteiger partial charge < -0.3 is 13.8 Å². The zero-order valence-electron chi connectivity index (χ0n) is 14.1. The van der Waals surface area contributed by atoms with Crippen molar-refractivity contribution in [3.8, 4) is 0 Å². The summed E-state index contributed by atoms with van der Waals surface area (Å²) < 4.78 is 28.5. The van der Waals surface area contributed by atoms with Crippen LogP contribution in [0.5, 0.6) is 0 Å². The van der Waals surface area contributed by atoms with E-state index in [-0.39, 0.29) is 24.8 Å². The molecule has 130 valence electrons. The zero-order valence-corrected chi connectivity index (χ0v) is 15.0. The summed E-state index contributed by atoms with van der Waals surface area (Å²) in [6.07, 6.45) is 5.67. The van der Waals surface area contributed by atoms with Crippen LogP contribution >= 0.6 is 7.60 Å². The summed E-state index contributed by atoms with van der Waals surface area (Å²) in [5.41, 5.74) is 0.511. The lowest BCUT2D eigenvalue weighted by Crippen LogP contribution is -2.39. The normalized spacial score (nSPS) is 17.4. The molecule has 0 amide bonds. The van der Waals surface area contributed by atoms with Crippen LogP contribution in [0.25, 0.3) is 0 Å². The lowest BCUT2D eigenvalue weighted by Gasteiger charge is -2.37. The fourth-order valence-corrected chi connectivity index (χ4v) is 3.58. The molecule has 0 saturated heterocycles. The number of hydroxylamine groups is 2. The first-order valence-corrected chi connectivity index (χ1v) is 8.83. The number of ketones is 1. The molecule has 1 N–H and O–H groups in total. The van der Waals surface area contributed by atoms with Crippen molar-refractivity contribution < 1.29 is 28.4 Å². The average Bonchev–Trinajstić information content (AvgIpc) is 2.49. The van der Waals surface area contributed by atoms with E-state index in [1.54, 1.807) is 27.7 Å². The number of allylic oxidation sites excluding steroid dienone is 4. The van der Waals surface area contributed by atoms with Crippen molar-refractivity contribution in [2.45, 2.75) is 33.0 Å². The monoisotopic (exact) mass is 345 g/mol. The van der Waals surface area contributed by atoms with Gasteiger partial charge in [-0.3, -0.25) is 14.6 Å². The predicted molar refractivity (Wildman–Crippen MR) is 85.9 cm³/mol. The lowest BCUT2D eigenvalue weighted by atomic mass is 10.1. The number of methoxy groups -OCH3 is 1. The molecule has 0 fully saturated rings. The van der Waals surface area contributed by atoms with Crippen LogP contribution in [0.3, 0.4) is 0 Å². The van der Waals surface area contributed by atoms with Crippen LogP contribution < -0.4 is 0 Å². The van der Waals surface area contributed by atoms with Crippen molar-refractivity contribution in [1.29, 1.82) is 0 Å². The Morgan fingerprint density at radius 3 is 2.30 bits per heavy atom. The Kier molecular flexibility index (Phi) is 6.77. The molecular formula is C15H24NO6P. The molecule has 1 aliphatic carbocycles. The van der Waals surface area contributed by atoms with E-state index in [1.807, 2.05) is 0 Å². The molecule has 0 aliphatic heterocycles. The highest BCUT2D eigenvalue weighted by Crippen LogP contribution is 2.60. The Morgan fingerprint density at radius 2 is 1.83 bits per heavy atom. The SMILES string of the molecule is CCOP(=O)(OCC)C(C)(C)N(O)C=C1C=CC(=O)C(OC)=C1. The van der Waals surface area contributed by atoms with Gasteiger partial charge in [-0.15, -0.1) is 0 Å². The summed E-state index contributed by atoms with van der Waals surface area (Å²) in [5.74, 6) is -0.106. The highest BCUT2D eigenvalue weighted by atomic mass is 31.2. The zero-order chi connectivity index (χ0) is 17.7. The third kappa shape index (κ3) is 4.32. The van der Waals surface area contributed by atoms with Gasteiger partial charge in [-0.25, -0.2) is 5.06 Å². The summed E-state index contributed by atoms with van der Waals surface area (Å²) in [6.45, 7) is 6.88. The Labute approximate surface area is 136 Å². The van der Waals surface area contributed by atoms with E-state index < -0.39 is 12.9 Å². The van der Waals surface area contributed by atoms with Gasteiger partial charge in [-0.1, -0.05) is 0 Å². The maximum absolute atomic E-state index is 12.9. The van der Waals surface area contributed by atoms with Crippen molar-refractivity contribution in [2.24, 2.45) is 0 Å². The van der Waals surface area contributed by atoms with Crippen LogP contribution in [-0.4, -0.2) is 41.7 Å². The predicted octanol–water partition coefficient (Wildman–Crippen LogP) is 3.23. The topological polar surface area (TPSA) is 85.3 Å². The Morgan fingerprint density at radius 1 is 1.26 bits per heavy atom. The van der Waals surface area contributed by atoms with E-state index in [0.717, 1.165) is 5.06 Å². The van der Waals surface area contributed by atoms with Gasteiger partial charge in [0.1, 0.15) is 0 Å². The quantitative estimate of drug-likeness (QED) is 0.534. The van der Waals surface area contributed by atoms with Gasteiger partial charge in [0, 0.05) is 6.20 Å². The van der Waals surface area contributed by atoms with Crippen LogP contribution in [0.4, 0.5) is 0 Å². The molecule has 0 saturated carbocycles. The minimum atomic E-state index is -3.59. The molecule has 23 heavy (non-hydrogen) atoms. The number of carbonyl (C=O) groups excluding carboxylic acids is 1. The number of ether oxygens (including phenoxy) is 1. The summed E-state index contributed by atoms with van der Waals surface area (Å²) in [5, 5.41) is 9.84. The molecule has 0 aromatic rings.